The Hall–Kier alpha value is -1.83. The average molecular weight is 355 g/mol. The highest BCUT2D eigenvalue weighted by molar-refractivity contribution is 7.85. The monoisotopic (exact) mass is 355 g/mol. The molecule has 0 saturated heterocycles. The smallest absolute Gasteiger partial charge is 0.276 e. The van der Waals surface area contributed by atoms with Gasteiger partial charge in [-0.1, -0.05) is 60.7 Å². The predicted octanol–water partition coefficient (Wildman–Crippen LogP) is 3.21. The van der Waals surface area contributed by atoms with E-state index in [0.717, 1.165) is 11.1 Å². The highest BCUT2D eigenvalue weighted by atomic mass is 32.2. The summed E-state index contributed by atoms with van der Waals surface area (Å²) >= 11 is 0. The van der Waals surface area contributed by atoms with Crippen LogP contribution >= 0.6 is 0 Å². The fourth-order valence-electron chi connectivity index (χ4n) is 2.49. The normalized spacial score (nSPS) is 12.5. The fraction of sp³-hybridized carbons (Fsp3) is 0.294. The van der Waals surface area contributed by atoms with Crippen LogP contribution in [0.3, 0.4) is 0 Å². The molecule has 7 heteroatoms. The third kappa shape index (κ3) is 6.74. The Morgan fingerprint density at radius 3 is 1.67 bits per heavy atom. The molecule has 0 unspecified atom stereocenters. The van der Waals surface area contributed by atoms with Crippen LogP contribution in [0.1, 0.15) is 11.1 Å². The van der Waals surface area contributed by atoms with Crippen LogP contribution in [0.5, 0.6) is 0 Å². The van der Waals surface area contributed by atoms with E-state index in [1.807, 2.05) is 60.7 Å². The Morgan fingerprint density at radius 1 is 0.875 bits per heavy atom. The first kappa shape index (κ1) is 18.5. The molecule has 0 fully saturated rings. The van der Waals surface area contributed by atoms with Crippen LogP contribution in [0.25, 0.3) is 0 Å². The van der Waals surface area contributed by atoms with Gasteiger partial charge in [-0.05, 0) is 11.1 Å². The summed E-state index contributed by atoms with van der Waals surface area (Å²) < 4.78 is 58.3. The van der Waals surface area contributed by atoms with Gasteiger partial charge in [0.2, 0.25) is 0 Å². The van der Waals surface area contributed by atoms with E-state index in [2.05, 4.69) is 0 Å². The molecular formula is C17H19F2NO3S. The molecule has 0 aliphatic heterocycles. The molecule has 0 bridgehead atoms. The first-order valence-corrected chi connectivity index (χ1v) is 8.98. The molecule has 0 radical (unpaired) electrons. The van der Waals surface area contributed by atoms with E-state index in [1.54, 1.807) is 0 Å². The highest BCUT2D eigenvalue weighted by Crippen LogP contribution is 2.21. The Balaban J connectivity index is 2.15. The Kier molecular flexibility index (Phi) is 6.04. The van der Waals surface area contributed by atoms with Crippen molar-refractivity contribution in [2.75, 3.05) is 12.3 Å². The molecule has 0 heterocycles. The van der Waals surface area contributed by atoms with E-state index >= 15 is 0 Å². The van der Waals surface area contributed by atoms with Crippen molar-refractivity contribution in [2.45, 2.75) is 19.0 Å². The average Bonchev–Trinajstić information content (AvgIpc) is 2.46. The van der Waals surface area contributed by atoms with Gasteiger partial charge in [0.15, 0.2) is 0 Å². The number of halogens is 2. The summed E-state index contributed by atoms with van der Waals surface area (Å²) in [4.78, 5) is 1.47. The van der Waals surface area contributed by atoms with E-state index < -0.39 is 28.3 Å². The fourth-order valence-corrected chi connectivity index (χ4v) is 3.12. The Labute approximate surface area is 140 Å². The van der Waals surface area contributed by atoms with E-state index in [-0.39, 0.29) is 13.1 Å². The maximum Gasteiger partial charge on any atom is 0.276 e. The van der Waals surface area contributed by atoms with Crippen molar-refractivity contribution in [3.8, 4) is 0 Å². The summed E-state index contributed by atoms with van der Waals surface area (Å²) in [5.74, 6) is -5.13. The van der Waals surface area contributed by atoms with Crippen LogP contribution in [0.15, 0.2) is 60.7 Å². The molecule has 0 aliphatic rings. The van der Waals surface area contributed by atoms with Crippen molar-refractivity contribution in [1.82, 2.24) is 4.90 Å². The quantitative estimate of drug-likeness (QED) is 0.739. The molecule has 0 amide bonds. The summed E-state index contributed by atoms with van der Waals surface area (Å²) in [5, 5.41) is 0. The van der Waals surface area contributed by atoms with Crippen LogP contribution in [-0.4, -0.2) is 36.1 Å². The molecular weight excluding hydrogens is 336 g/mol. The molecule has 24 heavy (non-hydrogen) atoms. The van der Waals surface area contributed by atoms with Gasteiger partial charge in [0, 0.05) is 13.1 Å². The lowest BCUT2D eigenvalue weighted by Gasteiger charge is -2.27. The van der Waals surface area contributed by atoms with E-state index in [9.17, 15) is 17.2 Å². The molecule has 2 aromatic carbocycles. The summed E-state index contributed by atoms with van der Waals surface area (Å²) in [5.41, 5.74) is 1.69. The number of nitrogens with zero attached hydrogens (tertiary/aromatic N) is 1. The minimum Gasteiger partial charge on any atom is -0.289 e. The molecule has 0 aromatic heterocycles. The molecule has 2 aromatic rings. The first-order valence-electron chi connectivity index (χ1n) is 7.37. The second-order valence-corrected chi connectivity index (χ2v) is 7.15. The zero-order chi connectivity index (χ0) is 17.6. The Morgan fingerprint density at radius 2 is 1.29 bits per heavy atom. The minimum atomic E-state index is -4.75. The van der Waals surface area contributed by atoms with Crippen molar-refractivity contribution >= 4 is 10.1 Å². The number of rotatable bonds is 8. The maximum atomic E-state index is 14.0. The highest BCUT2D eigenvalue weighted by Gasteiger charge is 2.36. The summed E-state index contributed by atoms with van der Waals surface area (Å²) in [6.07, 6.45) is 0. The summed E-state index contributed by atoms with van der Waals surface area (Å²) in [7, 11) is -4.75. The van der Waals surface area contributed by atoms with Gasteiger partial charge in [-0.3, -0.25) is 9.45 Å². The van der Waals surface area contributed by atoms with Crippen molar-refractivity contribution in [1.29, 1.82) is 0 Å². The van der Waals surface area contributed by atoms with Gasteiger partial charge in [-0.2, -0.15) is 8.42 Å². The summed E-state index contributed by atoms with van der Waals surface area (Å²) in [6, 6.07) is 18.2. The largest absolute Gasteiger partial charge is 0.289 e. The van der Waals surface area contributed by atoms with Crippen LogP contribution in [0.4, 0.5) is 8.78 Å². The third-order valence-electron chi connectivity index (χ3n) is 3.35. The topological polar surface area (TPSA) is 57.6 Å². The lowest BCUT2D eigenvalue weighted by Crippen LogP contribution is -2.40. The molecule has 1 N–H and O–H groups in total. The van der Waals surface area contributed by atoms with Gasteiger partial charge < -0.3 is 0 Å². The number of alkyl halides is 2. The molecule has 0 saturated carbocycles. The number of hydrogen-bond donors (Lipinski definition) is 1. The van der Waals surface area contributed by atoms with E-state index in [1.165, 1.54) is 4.90 Å². The van der Waals surface area contributed by atoms with Gasteiger partial charge in [0.25, 0.3) is 16.0 Å². The second-order valence-electron chi connectivity index (χ2n) is 5.70. The number of benzene rings is 2. The predicted molar refractivity (Wildman–Crippen MR) is 88.4 cm³/mol. The Bertz CT molecular complexity index is 695. The van der Waals surface area contributed by atoms with Crippen molar-refractivity contribution in [2.24, 2.45) is 0 Å². The maximum absolute atomic E-state index is 14.0. The van der Waals surface area contributed by atoms with Gasteiger partial charge in [0.05, 0.1) is 6.54 Å². The molecule has 4 nitrogen and oxygen atoms in total. The van der Waals surface area contributed by atoms with Gasteiger partial charge in [-0.15, -0.1) is 0 Å². The lowest BCUT2D eigenvalue weighted by atomic mass is 10.1. The zero-order valence-corrected chi connectivity index (χ0v) is 13.8. The molecule has 0 aliphatic carbocycles. The van der Waals surface area contributed by atoms with Crippen molar-refractivity contribution in [3.05, 3.63) is 71.8 Å². The minimum absolute atomic E-state index is 0.247. The molecule has 130 valence electrons. The van der Waals surface area contributed by atoms with Gasteiger partial charge in [-0.25, -0.2) is 8.78 Å². The second kappa shape index (κ2) is 7.83. The van der Waals surface area contributed by atoms with Crippen LogP contribution < -0.4 is 0 Å². The van der Waals surface area contributed by atoms with E-state index in [4.69, 9.17) is 4.55 Å². The SMILES string of the molecule is O=S(=O)(O)CC(F)(F)CN(Cc1ccccc1)Cc1ccccc1. The van der Waals surface area contributed by atoms with Crippen molar-refractivity contribution in [3.63, 3.8) is 0 Å². The van der Waals surface area contributed by atoms with Gasteiger partial charge in [0.1, 0.15) is 5.75 Å². The molecule has 2 rings (SSSR count). The first-order chi connectivity index (χ1) is 11.2. The standard InChI is InChI=1S/C17H19F2NO3S/c18-17(19,14-24(21,22)23)13-20(11-15-7-3-1-4-8-15)12-16-9-5-2-6-10-16/h1-10H,11-14H2,(H,21,22,23). The summed E-state index contributed by atoms with van der Waals surface area (Å²) in [6.45, 7) is -0.274. The third-order valence-corrected chi connectivity index (χ3v) is 4.13. The number of hydrogen-bond acceptors (Lipinski definition) is 3. The lowest BCUT2D eigenvalue weighted by molar-refractivity contribution is -0.0167. The zero-order valence-electron chi connectivity index (χ0n) is 13.0. The van der Waals surface area contributed by atoms with Crippen LogP contribution in [0.2, 0.25) is 0 Å². The molecule has 0 spiro atoms. The van der Waals surface area contributed by atoms with Crippen LogP contribution in [0, 0.1) is 0 Å². The van der Waals surface area contributed by atoms with Crippen molar-refractivity contribution < 1.29 is 21.8 Å². The molecule has 0 atom stereocenters. The van der Waals surface area contributed by atoms with Crippen LogP contribution in [-0.2, 0) is 23.2 Å². The van der Waals surface area contributed by atoms with Gasteiger partial charge >= 0.3 is 0 Å². The van der Waals surface area contributed by atoms with E-state index in [0.29, 0.717) is 0 Å².